The quantitative estimate of drug-likeness (QED) is 0.622. The minimum absolute atomic E-state index is 0.0957. The van der Waals surface area contributed by atoms with Crippen molar-refractivity contribution in [2.24, 2.45) is 5.73 Å². The van der Waals surface area contributed by atoms with Crippen molar-refractivity contribution >= 4 is 28.4 Å². The second-order valence-electron chi connectivity index (χ2n) is 7.49. The first-order valence-corrected chi connectivity index (χ1v) is 9.99. The van der Waals surface area contributed by atoms with Crippen LogP contribution in [0.2, 0.25) is 5.02 Å². The van der Waals surface area contributed by atoms with Gasteiger partial charge >= 0.3 is 0 Å². The number of carbonyl (C=O) groups excluding carboxylic acids is 1. The Balaban J connectivity index is 1.51. The van der Waals surface area contributed by atoms with Gasteiger partial charge < -0.3 is 20.2 Å². The van der Waals surface area contributed by atoms with E-state index in [1.54, 1.807) is 12.1 Å². The molecule has 0 bridgehead atoms. The lowest BCUT2D eigenvalue weighted by Gasteiger charge is -2.42. The number of nitrogens with one attached hydrogen (secondary N) is 1. The number of ether oxygens (including phenoxy) is 2. The smallest absolute Gasteiger partial charge is 0.220 e. The second-order valence-corrected chi connectivity index (χ2v) is 7.92. The molecule has 1 amide bonds. The summed E-state index contributed by atoms with van der Waals surface area (Å²) >= 11 is 6.04. The lowest BCUT2D eigenvalue weighted by atomic mass is 9.97. The summed E-state index contributed by atoms with van der Waals surface area (Å²) in [7, 11) is 0. The number of morpholine rings is 1. The predicted molar refractivity (Wildman–Crippen MR) is 113 cm³/mol. The van der Waals surface area contributed by atoms with Crippen LogP contribution in [0.25, 0.3) is 10.9 Å². The molecule has 7 heteroatoms. The van der Waals surface area contributed by atoms with Gasteiger partial charge in [0.05, 0.1) is 13.0 Å². The molecular weight excluding hydrogens is 390 g/mol. The molecule has 29 heavy (non-hydrogen) atoms. The Morgan fingerprint density at radius 3 is 2.97 bits per heavy atom. The predicted octanol–water partition coefficient (Wildman–Crippen LogP) is 3.35. The van der Waals surface area contributed by atoms with Gasteiger partial charge in [-0.3, -0.25) is 9.69 Å². The molecule has 4 rings (SSSR count). The first kappa shape index (κ1) is 19.8. The van der Waals surface area contributed by atoms with Crippen molar-refractivity contribution < 1.29 is 14.3 Å². The molecule has 1 aliphatic rings. The summed E-state index contributed by atoms with van der Waals surface area (Å²) in [6.07, 6.45) is 2.04. The molecule has 1 unspecified atom stereocenters. The van der Waals surface area contributed by atoms with Crippen molar-refractivity contribution in [3.8, 4) is 5.75 Å². The van der Waals surface area contributed by atoms with Gasteiger partial charge in [-0.25, -0.2) is 0 Å². The second kappa shape index (κ2) is 8.45. The topological polar surface area (TPSA) is 80.6 Å². The summed E-state index contributed by atoms with van der Waals surface area (Å²) in [5.74, 6) is 0.230. The molecule has 1 aliphatic heterocycles. The fraction of sp³-hybridized carbons (Fsp3) is 0.318. The van der Waals surface area contributed by atoms with Crippen LogP contribution in [0.5, 0.6) is 5.75 Å². The SMILES string of the molecule is NC(=O)CC1(COc2cccc(Cl)c2)CN(Cc2cccc3[nH]ccc23)CCO1. The van der Waals surface area contributed by atoms with Crippen LogP contribution >= 0.6 is 11.6 Å². The summed E-state index contributed by atoms with van der Waals surface area (Å²) in [4.78, 5) is 17.3. The van der Waals surface area contributed by atoms with Crippen LogP contribution in [0.3, 0.4) is 0 Å². The number of halogens is 1. The molecule has 152 valence electrons. The number of nitrogens with two attached hydrogens (primary N) is 1. The van der Waals surface area contributed by atoms with Crippen molar-refractivity contribution in [3.63, 3.8) is 0 Å². The highest BCUT2D eigenvalue weighted by Crippen LogP contribution is 2.27. The minimum Gasteiger partial charge on any atom is -0.490 e. The maximum atomic E-state index is 11.8. The fourth-order valence-corrected chi connectivity index (χ4v) is 4.10. The molecule has 1 saturated heterocycles. The number of aromatic nitrogens is 1. The first-order chi connectivity index (χ1) is 14.0. The summed E-state index contributed by atoms with van der Waals surface area (Å²) in [5.41, 5.74) is 7.09. The Kier molecular flexibility index (Phi) is 5.76. The van der Waals surface area contributed by atoms with Gasteiger partial charge in [-0.2, -0.15) is 0 Å². The Morgan fingerprint density at radius 1 is 1.28 bits per heavy atom. The average molecular weight is 414 g/mol. The van der Waals surface area contributed by atoms with Gasteiger partial charge in [-0.05, 0) is 35.9 Å². The van der Waals surface area contributed by atoms with Crippen molar-refractivity contribution in [1.29, 1.82) is 0 Å². The standard InChI is InChI=1S/C22H24ClN3O3/c23-17-4-2-5-18(11-17)28-15-22(12-21(24)27)14-26(9-10-29-22)13-16-3-1-6-20-19(16)7-8-25-20/h1-8,11,25H,9-10,12-15H2,(H2,24,27). The highest BCUT2D eigenvalue weighted by Gasteiger charge is 2.39. The summed E-state index contributed by atoms with van der Waals surface area (Å²) < 4.78 is 12.0. The molecule has 2 heterocycles. The van der Waals surface area contributed by atoms with Crippen molar-refractivity contribution in [3.05, 3.63) is 65.3 Å². The molecule has 6 nitrogen and oxygen atoms in total. The molecule has 1 aromatic heterocycles. The van der Waals surface area contributed by atoms with E-state index in [-0.39, 0.29) is 13.0 Å². The van der Waals surface area contributed by atoms with Crippen LogP contribution in [0.1, 0.15) is 12.0 Å². The number of nitrogens with zero attached hydrogens (tertiary/aromatic N) is 1. The normalized spacial score (nSPS) is 20.0. The lowest BCUT2D eigenvalue weighted by molar-refractivity contribution is -0.148. The number of carbonyl (C=O) groups is 1. The lowest BCUT2D eigenvalue weighted by Crippen LogP contribution is -2.56. The fourth-order valence-electron chi connectivity index (χ4n) is 3.92. The van der Waals surface area contributed by atoms with E-state index >= 15 is 0 Å². The number of aromatic amines is 1. The maximum absolute atomic E-state index is 11.8. The number of H-pyrrole nitrogens is 1. The van der Waals surface area contributed by atoms with Gasteiger partial charge in [0.1, 0.15) is 18.0 Å². The molecule has 0 spiro atoms. The third-order valence-corrected chi connectivity index (χ3v) is 5.44. The zero-order valence-electron chi connectivity index (χ0n) is 16.1. The Morgan fingerprint density at radius 2 is 2.14 bits per heavy atom. The number of amides is 1. The highest BCUT2D eigenvalue weighted by atomic mass is 35.5. The number of benzene rings is 2. The average Bonchev–Trinajstić information content (AvgIpc) is 3.16. The van der Waals surface area contributed by atoms with E-state index in [1.807, 2.05) is 24.4 Å². The van der Waals surface area contributed by atoms with Crippen LogP contribution in [0.15, 0.2) is 54.7 Å². The van der Waals surface area contributed by atoms with Crippen molar-refractivity contribution in [2.45, 2.75) is 18.6 Å². The van der Waals surface area contributed by atoms with Gasteiger partial charge in [-0.1, -0.05) is 29.8 Å². The molecule has 2 aromatic carbocycles. The molecular formula is C22H24ClN3O3. The summed E-state index contributed by atoms with van der Waals surface area (Å²) in [5, 5.41) is 1.80. The highest BCUT2D eigenvalue weighted by molar-refractivity contribution is 6.30. The van der Waals surface area contributed by atoms with Gasteiger partial charge in [-0.15, -0.1) is 0 Å². The largest absolute Gasteiger partial charge is 0.490 e. The Hall–Kier alpha value is -2.54. The van der Waals surface area contributed by atoms with E-state index in [0.29, 0.717) is 23.9 Å². The van der Waals surface area contributed by atoms with Crippen LogP contribution in [0.4, 0.5) is 0 Å². The van der Waals surface area contributed by atoms with Gasteiger partial charge in [0, 0.05) is 41.8 Å². The van der Waals surface area contributed by atoms with Gasteiger partial charge in [0.25, 0.3) is 0 Å². The summed E-state index contributed by atoms with van der Waals surface area (Å²) in [6, 6.07) is 15.5. The Bertz CT molecular complexity index is 1010. The zero-order valence-corrected chi connectivity index (χ0v) is 16.8. The molecule has 0 aliphatic carbocycles. The van der Waals surface area contributed by atoms with Gasteiger partial charge in [0.2, 0.25) is 5.91 Å². The third-order valence-electron chi connectivity index (χ3n) is 5.20. The van der Waals surface area contributed by atoms with E-state index < -0.39 is 11.5 Å². The van der Waals surface area contributed by atoms with E-state index in [4.69, 9.17) is 26.8 Å². The van der Waals surface area contributed by atoms with Crippen molar-refractivity contribution in [1.82, 2.24) is 9.88 Å². The number of hydrogen-bond donors (Lipinski definition) is 2. The molecule has 0 radical (unpaired) electrons. The third kappa shape index (κ3) is 4.72. The number of hydrogen-bond acceptors (Lipinski definition) is 4. The Labute approximate surface area is 174 Å². The van der Waals surface area contributed by atoms with Crippen LogP contribution in [-0.2, 0) is 16.1 Å². The van der Waals surface area contributed by atoms with Crippen molar-refractivity contribution in [2.75, 3.05) is 26.3 Å². The van der Waals surface area contributed by atoms with E-state index in [2.05, 4.69) is 28.1 Å². The molecule has 1 fully saturated rings. The number of primary amides is 1. The number of rotatable bonds is 7. The van der Waals surface area contributed by atoms with E-state index in [9.17, 15) is 4.79 Å². The van der Waals surface area contributed by atoms with E-state index in [1.165, 1.54) is 10.9 Å². The molecule has 1 atom stereocenters. The van der Waals surface area contributed by atoms with Gasteiger partial charge in [0.15, 0.2) is 0 Å². The molecule has 0 saturated carbocycles. The van der Waals surface area contributed by atoms with Crippen LogP contribution in [-0.4, -0.2) is 47.7 Å². The van der Waals surface area contributed by atoms with Crippen LogP contribution in [0, 0.1) is 0 Å². The van der Waals surface area contributed by atoms with E-state index in [0.717, 1.165) is 18.6 Å². The summed E-state index contributed by atoms with van der Waals surface area (Å²) in [6.45, 7) is 2.82. The minimum atomic E-state index is -0.793. The molecule has 3 aromatic rings. The monoisotopic (exact) mass is 413 g/mol. The first-order valence-electron chi connectivity index (χ1n) is 9.61. The zero-order chi connectivity index (χ0) is 20.3. The maximum Gasteiger partial charge on any atom is 0.220 e. The molecule has 3 N–H and O–H groups in total. The number of fused-ring (bicyclic) bond motifs is 1. The van der Waals surface area contributed by atoms with Crippen LogP contribution < -0.4 is 10.5 Å².